The first kappa shape index (κ1) is 15.4. The average molecular weight is 330 g/mol. The monoisotopic (exact) mass is 330 g/mol. The second kappa shape index (κ2) is 6.40. The van der Waals surface area contributed by atoms with Crippen LogP contribution in [0.3, 0.4) is 0 Å². The van der Waals surface area contributed by atoms with Gasteiger partial charge in [-0.1, -0.05) is 66.7 Å². The summed E-state index contributed by atoms with van der Waals surface area (Å²) in [6.07, 6.45) is 0.917. The first-order valence-electron chi connectivity index (χ1n) is 8.36. The summed E-state index contributed by atoms with van der Waals surface area (Å²) in [5.74, 6) is 0. The Morgan fingerprint density at radius 2 is 1.60 bits per heavy atom. The van der Waals surface area contributed by atoms with Crippen molar-refractivity contribution in [3.8, 4) is 0 Å². The number of benzene rings is 3. The Labute approximate surface area is 146 Å². The Bertz CT molecular complexity index is 909. The summed E-state index contributed by atoms with van der Waals surface area (Å²) in [6, 6.07) is 25.9. The molecule has 0 aliphatic carbocycles. The fraction of sp³-hybridized carbons (Fsp3) is 0.143. The molecule has 1 aliphatic rings. The van der Waals surface area contributed by atoms with Gasteiger partial charge in [-0.25, -0.2) is 0 Å². The number of nitrogens with zero attached hydrogens (tertiary/aromatic N) is 2. The fourth-order valence-corrected chi connectivity index (χ4v) is 3.62. The zero-order valence-electron chi connectivity index (χ0n) is 13.7. The number of fused-ring (bicyclic) bond motifs is 1. The minimum atomic E-state index is -0.297. The molecule has 0 amide bonds. The number of nitro benzene ring substituents is 1. The van der Waals surface area contributed by atoms with Gasteiger partial charge >= 0.3 is 0 Å². The number of nitro groups is 1. The van der Waals surface area contributed by atoms with Gasteiger partial charge < -0.3 is 4.90 Å². The van der Waals surface area contributed by atoms with Crippen LogP contribution < -0.4 is 4.90 Å². The molecule has 1 aliphatic heterocycles. The molecule has 4 heteroatoms. The molecule has 0 saturated heterocycles. The smallest absolute Gasteiger partial charge is 0.274 e. The molecular formula is C21H18N2O2. The zero-order valence-corrected chi connectivity index (χ0v) is 13.7. The van der Waals surface area contributed by atoms with Gasteiger partial charge in [-0.3, -0.25) is 10.1 Å². The maximum Gasteiger partial charge on any atom is 0.274 e. The van der Waals surface area contributed by atoms with Crippen LogP contribution in [0.1, 0.15) is 22.7 Å². The molecule has 25 heavy (non-hydrogen) atoms. The highest BCUT2D eigenvalue weighted by Crippen LogP contribution is 2.41. The van der Waals surface area contributed by atoms with Gasteiger partial charge in [0.2, 0.25) is 0 Å². The standard InChI is InChI=1S/C21H18N2O2/c24-23(25)20-13-7-5-11-18(20)15-22-19-12-6-4-10-17(19)14-21(22)16-8-2-1-3-9-16/h1-13,21H,14-15H2/t21-/m0/s1. The summed E-state index contributed by atoms with van der Waals surface area (Å²) in [6.45, 7) is 0.522. The van der Waals surface area contributed by atoms with Gasteiger partial charge in [-0.15, -0.1) is 0 Å². The summed E-state index contributed by atoms with van der Waals surface area (Å²) in [5.41, 5.74) is 4.60. The van der Waals surface area contributed by atoms with Crippen LogP contribution in [0, 0.1) is 10.1 Å². The van der Waals surface area contributed by atoms with Crippen LogP contribution in [-0.2, 0) is 13.0 Å². The largest absolute Gasteiger partial charge is 0.359 e. The number of rotatable bonds is 4. The highest BCUT2D eigenvalue weighted by atomic mass is 16.6. The van der Waals surface area contributed by atoms with Gasteiger partial charge in [0.1, 0.15) is 0 Å². The zero-order chi connectivity index (χ0) is 17.2. The molecule has 1 atom stereocenters. The van der Waals surface area contributed by atoms with Gasteiger partial charge in [0.05, 0.1) is 17.5 Å². The highest BCUT2D eigenvalue weighted by Gasteiger charge is 2.31. The second-order valence-corrected chi connectivity index (χ2v) is 6.27. The van der Waals surface area contributed by atoms with E-state index in [9.17, 15) is 10.1 Å². The second-order valence-electron chi connectivity index (χ2n) is 6.27. The maximum absolute atomic E-state index is 11.4. The molecule has 1 heterocycles. The lowest BCUT2D eigenvalue weighted by Gasteiger charge is -2.28. The molecule has 4 nitrogen and oxygen atoms in total. The summed E-state index contributed by atoms with van der Waals surface area (Å²) in [7, 11) is 0. The predicted octanol–water partition coefficient (Wildman–Crippen LogP) is 4.90. The Morgan fingerprint density at radius 3 is 2.40 bits per heavy atom. The van der Waals surface area contributed by atoms with Crippen molar-refractivity contribution in [2.75, 3.05) is 4.90 Å². The highest BCUT2D eigenvalue weighted by molar-refractivity contribution is 5.61. The molecule has 0 spiro atoms. The molecule has 3 aromatic rings. The molecule has 0 aromatic heterocycles. The van der Waals surface area contributed by atoms with Crippen LogP contribution in [0.5, 0.6) is 0 Å². The average Bonchev–Trinajstić information content (AvgIpc) is 3.01. The van der Waals surface area contributed by atoms with Crippen LogP contribution >= 0.6 is 0 Å². The van der Waals surface area contributed by atoms with E-state index >= 15 is 0 Å². The van der Waals surface area contributed by atoms with Crippen LogP contribution in [0.4, 0.5) is 11.4 Å². The van der Waals surface area contributed by atoms with E-state index in [1.54, 1.807) is 12.1 Å². The van der Waals surface area contributed by atoms with Crippen LogP contribution in [0.25, 0.3) is 0 Å². The Hall–Kier alpha value is -3.14. The summed E-state index contributed by atoms with van der Waals surface area (Å²) in [4.78, 5) is 13.4. The molecule has 0 fully saturated rings. The third kappa shape index (κ3) is 2.87. The van der Waals surface area contributed by atoms with Crippen molar-refractivity contribution in [2.24, 2.45) is 0 Å². The lowest BCUT2D eigenvalue weighted by Crippen LogP contribution is -2.25. The van der Waals surface area contributed by atoms with Crippen molar-refractivity contribution in [2.45, 2.75) is 19.0 Å². The van der Waals surface area contributed by atoms with Crippen LogP contribution in [0.2, 0.25) is 0 Å². The minimum absolute atomic E-state index is 0.179. The quantitative estimate of drug-likeness (QED) is 0.505. The number of anilines is 1. The third-order valence-corrected chi connectivity index (χ3v) is 4.80. The molecule has 3 aromatic carbocycles. The van der Waals surface area contributed by atoms with Crippen molar-refractivity contribution in [3.05, 3.63) is 106 Å². The topological polar surface area (TPSA) is 46.4 Å². The van der Waals surface area contributed by atoms with Gasteiger partial charge in [-0.2, -0.15) is 0 Å². The summed E-state index contributed by atoms with van der Waals surface area (Å²) >= 11 is 0. The van der Waals surface area contributed by atoms with E-state index < -0.39 is 0 Å². The normalized spacial score (nSPS) is 15.8. The van der Waals surface area contributed by atoms with Crippen LogP contribution in [-0.4, -0.2) is 4.92 Å². The van der Waals surface area contributed by atoms with E-state index in [2.05, 4.69) is 35.2 Å². The number of para-hydroxylation sites is 2. The predicted molar refractivity (Wildman–Crippen MR) is 98.6 cm³/mol. The van der Waals surface area contributed by atoms with E-state index in [0.29, 0.717) is 6.54 Å². The van der Waals surface area contributed by atoms with Crippen molar-refractivity contribution in [1.82, 2.24) is 0 Å². The first-order valence-corrected chi connectivity index (χ1v) is 8.36. The maximum atomic E-state index is 11.4. The number of hydrogen-bond acceptors (Lipinski definition) is 3. The van der Waals surface area contributed by atoms with E-state index in [0.717, 1.165) is 17.7 Å². The molecule has 0 saturated carbocycles. The molecule has 0 radical (unpaired) electrons. The van der Waals surface area contributed by atoms with Crippen molar-refractivity contribution in [3.63, 3.8) is 0 Å². The van der Waals surface area contributed by atoms with Gasteiger partial charge in [0.25, 0.3) is 5.69 Å². The van der Waals surface area contributed by atoms with Crippen molar-refractivity contribution in [1.29, 1.82) is 0 Å². The van der Waals surface area contributed by atoms with Gasteiger partial charge in [0, 0.05) is 17.3 Å². The van der Waals surface area contributed by atoms with E-state index in [-0.39, 0.29) is 16.7 Å². The molecule has 0 bridgehead atoms. The number of hydrogen-bond donors (Lipinski definition) is 0. The molecular weight excluding hydrogens is 312 g/mol. The SMILES string of the molecule is O=[N+]([O-])c1ccccc1CN1c2ccccc2C[C@H]1c1ccccc1. The van der Waals surface area contributed by atoms with E-state index in [1.807, 2.05) is 36.4 Å². The van der Waals surface area contributed by atoms with E-state index in [4.69, 9.17) is 0 Å². The Morgan fingerprint density at radius 1 is 0.920 bits per heavy atom. The van der Waals surface area contributed by atoms with Gasteiger partial charge in [-0.05, 0) is 23.6 Å². The first-order chi connectivity index (χ1) is 12.2. The van der Waals surface area contributed by atoms with E-state index in [1.165, 1.54) is 11.1 Å². The van der Waals surface area contributed by atoms with Gasteiger partial charge in [0.15, 0.2) is 0 Å². The summed E-state index contributed by atoms with van der Waals surface area (Å²) < 4.78 is 0. The lowest BCUT2D eigenvalue weighted by atomic mass is 10.0. The van der Waals surface area contributed by atoms with Crippen LogP contribution in [0.15, 0.2) is 78.9 Å². The third-order valence-electron chi connectivity index (χ3n) is 4.80. The lowest BCUT2D eigenvalue weighted by molar-refractivity contribution is -0.385. The fourth-order valence-electron chi connectivity index (χ4n) is 3.62. The minimum Gasteiger partial charge on any atom is -0.359 e. The molecule has 0 N–H and O–H groups in total. The van der Waals surface area contributed by atoms with Crippen molar-refractivity contribution < 1.29 is 4.92 Å². The van der Waals surface area contributed by atoms with Crippen molar-refractivity contribution >= 4 is 11.4 Å². The molecule has 124 valence electrons. The molecule has 4 rings (SSSR count). The summed E-state index contributed by atoms with van der Waals surface area (Å²) in [5, 5.41) is 11.4. The Kier molecular flexibility index (Phi) is 3.94. The Balaban J connectivity index is 1.75. The molecule has 0 unspecified atom stereocenters.